The second kappa shape index (κ2) is 5.12. The lowest BCUT2D eigenvalue weighted by molar-refractivity contribution is 0.100. The van der Waals surface area contributed by atoms with Crippen LogP contribution >= 0.6 is 0 Å². The molecule has 0 saturated carbocycles. The van der Waals surface area contributed by atoms with Gasteiger partial charge in [-0.15, -0.1) is 0 Å². The van der Waals surface area contributed by atoms with Crippen LogP contribution in [0.1, 0.15) is 15.9 Å². The maximum absolute atomic E-state index is 11.0. The summed E-state index contributed by atoms with van der Waals surface area (Å²) < 4.78 is 0. The Morgan fingerprint density at radius 1 is 1.24 bits per heavy atom. The van der Waals surface area contributed by atoms with Crippen molar-refractivity contribution in [3.05, 3.63) is 59.9 Å². The summed E-state index contributed by atoms with van der Waals surface area (Å²) in [5.41, 5.74) is 7.72. The number of amides is 1. The van der Waals surface area contributed by atoms with Gasteiger partial charge in [-0.05, 0) is 35.9 Å². The quantitative estimate of drug-likeness (QED) is 0.836. The number of carbonyl (C=O) groups is 1. The van der Waals surface area contributed by atoms with Gasteiger partial charge in [0.1, 0.15) is 0 Å². The van der Waals surface area contributed by atoms with Gasteiger partial charge < -0.3 is 11.1 Å². The minimum Gasteiger partial charge on any atom is -0.381 e. The molecule has 17 heavy (non-hydrogen) atoms. The van der Waals surface area contributed by atoms with E-state index in [1.807, 2.05) is 18.2 Å². The molecular weight excluding hydrogens is 214 g/mol. The van der Waals surface area contributed by atoms with Crippen LogP contribution in [0.5, 0.6) is 0 Å². The Bertz CT molecular complexity index is 511. The van der Waals surface area contributed by atoms with Gasteiger partial charge in [-0.2, -0.15) is 0 Å². The third-order valence-corrected chi connectivity index (χ3v) is 2.39. The maximum Gasteiger partial charge on any atom is 0.248 e. The van der Waals surface area contributed by atoms with Crippen molar-refractivity contribution in [1.82, 2.24) is 4.98 Å². The average molecular weight is 227 g/mol. The van der Waals surface area contributed by atoms with Crippen LogP contribution in [0.4, 0.5) is 5.69 Å². The zero-order valence-electron chi connectivity index (χ0n) is 9.26. The summed E-state index contributed by atoms with van der Waals surface area (Å²) in [4.78, 5) is 15.0. The molecule has 86 valence electrons. The lowest BCUT2D eigenvalue weighted by Gasteiger charge is -2.07. The largest absolute Gasteiger partial charge is 0.381 e. The highest BCUT2D eigenvalue weighted by Gasteiger charge is 2.00. The molecule has 1 aromatic heterocycles. The number of hydrogen-bond donors (Lipinski definition) is 2. The fourth-order valence-electron chi connectivity index (χ4n) is 1.49. The van der Waals surface area contributed by atoms with Gasteiger partial charge in [0.2, 0.25) is 5.91 Å². The fraction of sp³-hybridized carbons (Fsp3) is 0.0769. The molecule has 0 radical (unpaired) electrons. The van der Waals surface area contributed by atoms with Crippen LogP contribution < -0.4 is 11.1 Å². The van der Waals surface area contributed by atoms with E-state index >= 15 is 0 Å². The van der Waals surface area contributed by atoms with Crippen molar-refractivity contribution < 1.29 is 4.79 Å². The van der Waals surface area contributed by atoms with E-state index < -0.39 is 5.91 Å². The summed E-state index contributed by atoms with van der Waals surface area (Å²) in [6.45, 7) is 0.685. The number of primary amides is 1. The Hall–Kier alpha value is -2.36. The molecule has 0 aliphatic rings. The third kappa shape index (κ3) is 3.04. The first-order valence-electron chi connectivity index (χ1n) is 5.28. The van der Waals surface area contributed by atoms with E-state index in [0.717, 1.165) is 11.3 Å². The van der Waals surface area contributed by atoms with Crippen molar-refractivity contribution in [2.75, 3.05) is 5.32 Å². The number of aromatic nitrogens is 1. The van der Waals surface area contributed by atoms with Gasteiger partial charge in [-0.3, -0.25) is 9.78 Å². The molecule has 2 aromatic rings. The van der Waals surface area contributed by atoms with Crippen molar-refractivity contribution >= 4 is 11.6 Å². The number of pyridine rings is 1. The van der Waals surface area contributed by atoms with Crippen molar-refractivity contribution in [3.8, 4) is 0 Å². The molecule has 0 aliphatic heterocycles. The molecule has 0 fully saturated rings. The van der Waals surface area contributed by atoms with Crippen molar-refractivity contribution in [3.63, 3.8) is 0 Å². The first-order chi connectivity index (χ1) is 8.25. The van der Waals surface area contributed by atoms with Gasteiger partial charge in [-0.25, -0.2) is 0 Å². The van der Waals surface area contributed by atoms with Crippen molar-refractivity contribution in [2.45, 2.75) is 6.54 Å². The zero-order chi connectivity index (χ0) is 12.1. The number of nitrogens with zero attached hydrogens (tertiary/aromatic N) is 1. The number of nitrogens with two attached hydrogens (primary N) is 1. The molecule has 4 nitrogen and oxygen atoms in total. The number of anilines is 1. The first-order valence-corrected chi connectivity index (χ1v) is 5.28. The smallest absolute Gasteiger partial charge is 0.248 e. The Kier molecular flexibility index (Phi) is 3.35. The van der Waals surface area contributed by atoms with Gasteiger partial charge in [-0.1, -0.05) is 6.07 Å². The van der Waals surface area contributed by atoms with E-state index in [-0.39, 0.29) is 0 Å². The molecule has 0 atom stereocenters. The lowest BCUT2D eigenvalue weighted by atomic mass is 10.2. The molecule has 0 aliphatic carbocycles. The molecule has 2 rings (SSSR count). The van der Waals surface area contributed by atoms with Gasteiger partial charge in [0.15, 0.2) is 0 Å². The standard InChI is InChI=1S/C13H13N3O/c14-13(17)11-2-1-3-12(8-11)16-9-10-4-6-15-7-5-10/h1-8,16H,9H2,(H2,14,17). The fourth-order valence-corrected chi connectivity index (χ4v) is 1.49. The van der Waals surface area contributed by atoms with Crippen molar-refractivity contribution in [1.29, 1.82) is 0 Å². The number of hydrogen-bond acceptors (Lipinski definition) is 3. The third-order valence-electron chi connectivity index (χ3n) is 2.39. The SMILES string of the molecule is NC(=O)c1cccc(NCc2ccncc2)c1. The van der Waals surface area contributed by atoms with E-state index in [4.69, 9.17) is 5.73 Å². The normalized spacial score (nSPS) is 9.88. The minimum absolute atomic E-state index is 0.419. The van der Waals surface area contributed by atoms with E-state index in [0.29, 0.717) is 12.1 Å². The lowest BCUT2D eigenvalue weighted by Crippen LogP contribution is -2.11. The molecule has 4 heteroatoms. The van der Waals surface area contributed by atoms with E-state index in [1.54, 1.807) is 30.6 Å². The summed E-state index contributed by atoms with van der Waals surface area (Å²) in [5, 5.41) is 3.22. The molecule has 1 heterocycles. The topological polar surface area (TPSA) is 68.0 Å². The Balaban J connectivity index is 2.04. The zero-order valence-corrected chi connectivity index (χ0v) is 9.26. The highest BCUT2D eigenvalue weighted by Crippen LogP contribution is 2.11. The van der Waals surface area contributed by atoms with E-state index in [2.05, 4.69) is 10.3 Å². The number of nitrogens with one attached hydrogen (secondary N) is 1. The summed E-state index contributed by atoms with van der Waals surface area (Å²) in [7, 11) is 0. The predicted molar refractivity (Wildman–Crippen MR) is 66.5 cm³/mol. The molecule has 1 aromatic carbocycles. The second-order valence-electron chi connectivity index (χ2n) is 3.65. The van der Waals surface area contributed by atoms with Crippen LogP contribution in [0.3, 0.4) is 0 Å². The summed E-state index contributed by atoms with van der Waals surface area (Å²) in [6.07, 6.45) is 3.49. The van der Waals surface area contributed by atoms with Crippen LogP contribution in [-0.4, -0.2) is 10.9 Å². The molecular formula is C13H13N3O. The van der Waals surface area contributed by atoms with E-state index in [9.17, 15) is 4.79 Å². The maximum atomic E-state index is 11.0. The molecule has 0 spiro atoms. The summed E-state index contributed by atoms with van der Waals surface area (Å²) >= 11 is 0. The van der Waals surface area contributed by atoms with Crippen LogP contribution in [0.25, 0.3) is 0 Å². The first kappa shape index (κ1) is 11.1. The van der Waals surface area contributed by atoms with Crippen molar-refractivity contribution in [2.24, 2.45) is 5.73 Å². The molecule has 0 bridgehead atoms. The van der Waals surface area contributed by atoms with Gasteiger partial charge >= 0.3 is 0 Å². The van der Waals surface area contributed by atoms with Crippen LogP contribution in [0.15, 0.2) is 48.8 Å². The van der Waals surface area contributed by atoms with Gasteiger partial charge in [0.25, 0.3) is 0 Å². The van der Waals surface area contributed by atoms with Crippen LogP contribution in [-0.2, 0) is 6.54 Å². The number of carbonyl (C=O) groups excluding carboxylic acids is 1. The molecule has 0 saturated heterocycles. The van der Waals surface area contributed by atoms with Gasteiger partial charge in [0, 0.05) is 30.2 Å². The Labute approximate surface area is 99.5 Å². The number of rotatable bonds is 4. The Morgan fingerprint density at radius 3 is 2.71 bits per heavy atom. The van der Waals surface area contributed by atoms with E-state index in [1.165, 1.54) is 0 Å². The summed E-state index contributed by atoms with van der Waals surface area (Å²) in [6, 6.07) is 11.0. The van der Waals surface area contributed by atoms with Crippen LogP contribution in [0.2, 0.25) is 0 Å². The molecule has 3 N–H and O–H groups in total. The monoisotopic (exact) mass is 227 g/mol. The van der Waals surface area contributed by atoms with Crippen LogP contribution in [0, 0.1) is 0 Å². The molecule has 0 unspecified atom stereocenters. The Morgan fingerprint density at radius 2 is 2.00 bits per heavy atom. The van der Waals surface area contributed by atoms with Gasteiger partial charge in [0.05, 0.1) is 0 Å². The average Bonchev–Trinajstić information content (AvgIpc) is 2.38. The highest BCUT2D eigenvalue weighted by molar-refractivity contribution is 5.93. The molecule has 1 amide bonds. The second-order valence-corrected chi connectivity index (χ2v) is 3.65. The number of benzene rings is 1. The minimum atomic E-state index is -0.419. The predicted octanol–water partition coefficient (Wildman–Crippen LogP) is 1.79. The summed E-state index contributed by atoms with van der Waals surface area (Å²) in [5.74, 6) is -0.419. The highest BCUT2D eigenvalue weighted by atomic mass is 16.1.